The molecule has 0 aliphatic carbocycles. The molecule has 2 heterocycles. The molecule has 0 saturated carbocycles. The Hall–Kier alpha value is -1.26. The lowest BCUT2D eigenvalue weighted by molar-refractivity contribution is 0.524. The fourth-order valence-corrected chi connectivity index (χ4v) is 2.41. The maximum absolute atomic E-state index is 6.03. The Kier molecular flexibility index (Phi) is 4.09. The number of aromatic nitrogens is 2. The number of furan rings is 1. The van der Waals surface area contributed by atoms with Crippen LogP contribution >= 0.6 is 11.6 Å². The van der Waals surface area contributed by atoms with Gasteiger partial charge >= 0.3 is 0 Å². The van der Waals surface area contributed by atoms with Gasteiger partial charge < -0.3 is 9.73 Å². The van der Waals surface area contributed by atoms with Gasteiger partial charge in [-0.3, -0.25) is 4.68 Å². The quantitative estimate of drug-likeness (QED) is 0.906. The number of nitrogens with one attached hydrogen (secondary N) is 1. The summed E-state index contributed by atoms with van der Waals surface area (Å²) in [5, 5.41) is 8.17. The average Bonchev–Trinajstić information content (AvgIpc) is 2.92. The first-order valence-electron chi connectivity index (χ1n) is 6.09. The summed E-state index contributed by atoms with van der Waals surface area (Å²) in [6.45, 7) is 4.97. The number of hydrogen-bond donors (Lipinski definition) is 1. The van der Waals surface area contributed by atoms with E-state index in [1.165, 1.54) is 5.69 Å². The molecule has 0 radical (unpaired) electrons. The van der Waals surface area contributed by atoms with Crippen LogP contribution in [0.5, 0.6) is 0 Å². The van der Waals surface area contributed by atoms with Crippen molar-refractivity contribution in [2.75, 3.05) is 7.05 Å². The molecule has 98 valence electrons. The van der Waals surface area contributed by atoms with E-state index in [4.69, 9.17) is 16.0 Å². The summed E-state index contributed by atoms with van der Waals surface area (Å²) in [5.74, 6) is 0. The molecule has 0 bridgehead atoms. The van der Waals surface area contributed by atoms with E-state index >= 15 is 0 Å². The third kappa shape index (κ3) is 2.60. The topological polar surface area (TPSA) is 43.0 Å². The Labute approximate surface area is 112 Å². The van der Waals surface area contributed by atoms with Gasteiger partial charge in [-0.1, -0.05) is 0 Å². The molecule has 1 atom stereocenters. The van der Waals surface area contributed by atoms with Crippen LogP contribution in [0.2, 0.25) is 5.22 Å². The zero-order valence-corrected chi connectivity index (χ0v) is 11.7. The van der Waals surface area contributed by atoms with Gasteiger partial charge in [0.25, 0.3) is 0 Å². The van der Waals surface area contributed by atoms with E-state index in [-0.39, 0.29) is 6.04 Å². The van der Waals surface area contributed by atoms with E-state index in [0.717, 1.165) is 24.2 Å². The average molecular weight is 268 g/mol. The first-order valence-corrected chi connectivity index (χ1v) is 6.47. The van der Waals surface area contributed by atoms with Crippen molar-refractivity contribution in [3.8, 4) is 0 Å². The summed E-state index contributed by atoms with van der Waals surface area (Å²) in [6.07, 6.45) is 2.45. The predicted octanol–water partition coefficient (Wildman–Crippen LogP) is 2.96. The molecule has 0 aliphatic heterocycles. The SMILES string of the molecule is CCn1nc(C)cc1CC(NC)c1ccoc1Cl. The van der Waals surface area contributed by atoms with Gasteiger partial charge in [0.1, 0.15) is 0 Å². The molecule has 4 nitrogen and oxygen atoms in total. The van der Waals surface area contributed by atoms with Gasteiger partial charge in [0, 0.05) is 30.3 Å². The molecule has 1 N–H and O–H groups in total. The highest BCUT2D eigenvalue weighted by molar-refractivity contribution is 6.29. The highest BCUT2D eigenvalue weighted by Gasteiger charge is 2.18. The Morgan fingerprint density at radius 3 is 2.89 bits per heavy atom. The Balaban J connectivity index is 2.23. The summed E-state index contributed by atoms with van der Waals surface area (Å²) in [5.41, 5.74) is 3.23. The van der Waals surface area contributed by atoms with Crippen LogP contribution < -0.4 is 5.32 Å². The number of aryl methyl sites for hydroxylation is 2. The summed E-state index contributed by atoms with van der Waals surface area (Å²) >= 11 is 6.03. The van der Waals surface area contributed by atoms with Crippen LogP contribution in [0.4, 0.5) is 0 Å². The number of halogens is 1. The van der Waals surface area contributed by atoms with E-state index in [1.54, 1.807) is 6.26 Å². The number of hydrogen-bond acceptors (Lipinski definition) is 3. The smallest absolute Gasteiger partial charge is 0.197 e. The largest absolute Gasteiger partial charge is 0.453 e. The molecule has 0 spiro atoms. The lowest BCUT2D eigenvalue weighted by Gasteiger charge is -2.15. The summed E-state index contributed by atoms with van der Waals surface area (Å²) < 4.78 is 7.17. The standard InChI is InChI=1S/C13H18ClN3O/c1-4-17-10(7-9(2)16-17)8-12(15-3)11-5-6-18-13(11)14/h5-7,12,15H,4,8H2,1-3H3. The lowest BCUT2D eigenvalue weighted by atomic mass is 10.1. The van der Waals surface area contributed by atoms with Crippen LogP contribution in [0.25, 0.3) is 0 Å². The van der Waals surface area contributed by atoms with Gasteiger partial charge in [-0.05, 0) is 44.6 Å². The van der Waals surface area contributed by atoms with Crippen molar-refractivity contribution < 1.29 is 4.42 Å². The fourth-order valence-electron chi connectivity index (χ4n) is 2.17. The summed E-state index contributed by atoms with van der Waals surface area (Å²) in [4.78, 5) is 0. The molecule has 2 rings (SSSR count). The molecular weight excluding hydrogens is 250 g/mol. The molecule has 2 aromatic rings. The molecule has 0 aliphatic rings. The third-order valence-corrected chi connectivity index (χ3v) is 3.38. The molecule has 0 saturated heterocycles. The van der Waals surface area contributed by atoms with Crippen molar-refractivity contribution in [2.45, 2.75) is 32.9 Å². The zero-order valence-electron chi connectivity index (χ0n) is 10.9. The van der Waals surface area contributed by atoms with E-state index in [9.17, 15) is 0 Å². The lowest BCUT2D eigenvalue weighted by Crippen LogP contribution is -2.20. The summed E-state index contributed by atoms with van der Waals surface area (Å²) in [7, 11) is 1.92. The van der Waals surface area contributed by atoms with Gasteiger partial charge in [0.2, 0.25) is 0 Å². The van der Waals surface area contributed by atoms with Crippen molar-refractivity contribution in [3.05, 3.63) is 40.6 Å². The second-order valence-electron chi connectivity index (χ2n) is 4.29. The number of nitrogens with zero attached hydrogens (tertiary/aromatic N) is 2. The van der Waals surface area contributed by atoms with E-state index in [2.05, 4.69) is 23.4 Å². The minimum atomic E-state index is 0.137. The fraction of sp³-hybridized carbons (Fsp3) is 0.462. The second-order valence-corrected chi connectivity index (χ2v) is 4.63. The third-order valence-electron chi connectivity index (χ3n) is 3.07. The van der Waals surface area contributed by atoms with Crippen molar-refractivity contribution in [1.82, 2.24) is 15.1 Å². The molecule has 0 amide bonds. The molecule has 0 fully saturated rings. The number of rotatable bonds is 5. The van der Waals surface area contributed by atoms with Gasteiger partial charge in [-0.15, -0.1) is 0 Å². The van der Waals surface area contributed by atoms with E-state index in [1.807, 2.05) is 24.7 Å². The maximum Gasteiger partial charge on any atom is 0.197 e. The molecule has 5 heteroatoms. The zero-order chi connectivity index (χ0) is 13.1. The van der Waals surface area contributed by atoms with Crippen LogP contribution in [0.3, 0.4) is 0 Å². The molecule has 1 unspecified atom stereocenters. The Morgan fingerprint density at radius 1 is 1.56 bits per heavy atom. The van der Waals surface area contributed by atoms with E-state index < -0.39 is 0 Å². The first-order chi connectivity index (χ1) is 8.65. The van der Waals surface area contributed by atoms with Crippen molar-refractivity contribution in [3.63, 3.8) is 0 Å². The molecule has 2 aromatic heterocycles. The van der Waals surface area contributed by atoms with Crippen molar-refractivity contribution in [2.24, 2.45) is 0 Å². The van der Waals surface area contributed by atoms with Crippen molar-refractivity contribution >= 4 is 11.6 Å². The van der Waals surface area contributed by atoms with Gasteiger partial charge in [0.05, 0.1) is 12.0 Å². The normalized spacial score (nSPS) is 12.9. The number of likely N-dealkylation sites (N-methyl/N-ethyl adjacent to an activating group) is 1. The predicted molar refractivity (Wildman–Crippen MR) is 71.9 cm³/mol. The van der Waals surface area contributed by atoms with Gasteiger partial charge in [-0.25, -0.2) is 0 Å². The summed E-state index contributed by atoms with van der Waals surface area (Å²) in [6, 6.07) is 4.16. The van der Waals surface area contributed by atoms with Crippen LogP contribution in [0, 0.1) is 6.92 Å². The van der Waals surface area contributed by atoms with Gasteiger partial charge in [0.15, 0.2) is 5.22 Å². The Morgan fingerprint density at radius 2 is 2.33 bits per heavy atom. The maximum atomic E-state index is 6.03. The first kappa shape index (κ1) is 13.2. The van der Waals surface area contributed by atoms with Crippen LogP contribution in [-0.2, 0) is 13.0 Å². The molecule has 0 aromatic carbocycles. The highest BCUT2D eigenvalue weighted by Crippen LogP contribution is 2.26. The van der Waals surface area contributed by atoms with Crippen LogP contribution in [0.1, 0.15) is 29.9 Å². The highest BCUT2D eigenvalue weighted by atomic mass is 35.5. The van der Waals surface area contributed by atoms with Crippen LogP contribution in [0.15, 0.2) is 22.8 Å². The Bertz CT molecular complexity index is 518. The molecule has 18 heavy (non-hydrogen) atoms. The second kappa shape index (κ2) is 5.59. The van der Waals surface area contributed by atoms with Crippen LogP contribution in [-0.4, -0.2) is 16.8 Å². The molecular formula is C13H18ClN3O. The van der Waals surface area contributed by atoms with Crippen molar-refractivity contribution in [1.29, 1.82) is 0 Å². The van der Waals surface area contributed by atoms with E-state index in [0.29, 0.717) is 5.22 Å². The van der Waals surface area contributed by atoms with Gasteiger partial charge in [-0.2, -0.15) is 5.10 Å². The minimum absolute atomic E-state index is 0.137. The minimum Gasteiger partial charge on any atom is -0.453 e. The monoisotopic (exact) mass is 267 g/mol.